The van der Waals surface area contributed by atoms with Gasteiger partial charge in [0.15, 0.2) is 0 Å². The lowest BCUT2D eigenvalue weighted by Crippen LogP contribution is -2.32. The summed E-state index contributed by atoms with van der Waals surface area (Å²) >= 11 is 0. The van der Waals surface area contributed by atoms with Gasteiger partial charge in [0.2, 0.25) is 0 Å². The molecule has 126 valence electrons. The van der Waals surface area contributed by atoms with E-state index in [4.69, 9.17) is 0 Å². The van der Waals surface area contributed by atoms with Crippen LogP contribution in [0.2, 0.25) is 0 Å². The fourth-order valence-electron chi connectivity index (χ4n) is 2.77. The normalized spacial score (nSPS) is 17.8. The number of likely N-dealkylation sites (tertiary alicyclic amines) is 1. The number of carbonyl (C=O) groups excluding carboxylic acids is 1. The molecule has 1 amide bonds. The van der Waals surface area contributed by atoms with Crippen molar-refractivity contribution in [2.45, 2.75) is 38.6 Å². The van der Waals surface area contributed by atoms with Crippen LogP contribution in [0, 0.1) is 0 Å². The number of pyridine rings is 1. The molecule has 6 nitrogen and oxygen atoms in total. The van der Waals surface area contributed by atoms with Gasteiger partial charge in [0.05, 0.1) is 5.69 Å². The number of hydrogen-bond donors (Lipinski definition) is 1. The second-order valence-electron chi connectivity index (χ2n) is 7.13. The smallest absolute Gasteiger partial charge is 0.272 e. The SMILES string of the molecule is CC(C)(C)c1cc(NC2CCN(C(=O)c3ccccn3)C2)ncn1. The summed E-state index contributed by atoms with van der Waals surface area (Å²) in [5, 5.41) is 3.42. The number of nitrogens with zero attached hydrogens (tertiary/aromatic N) is 4. The van der Waals surface area contributed by atoms with E-state index in [1.807, 2.05) is 23.1 Å². The summed E-state index contributed by atoms with van der Waals surface area (Å²) < 4.78 is 0. The minimum absolute atomic E-state index is 0.0158. The average Bonchev–Trinajstić information content (AvgIpc) is 3.03. The molecule has 1 atom stereocenters. The zero-order valence-electron chi connectivity index (χ0n) is 14.4. The second-order valence-corrected chi connectivity index (χ2v) is 7.13. The van der Waals surface area contributed by atoms with E-state index in [0.717, 1.165) is 24.5 Å². The molecule has 0 bridgehead atoms. The number of amides is 1. The summed E-state index contributed by atoms with van der Waals surface area (Å²) in [6.45, 7) is 7.76. The molecular weight excluding hydrogens is 302 g/mol. The molecule has 1 unspecified atom stereocenters. The summed E-state index contributed by atoms with van der Waals surface area (Å²) in [7, 11) is 0. The largest absolute Gasteiger partial charge is 0.365 e. The Bertz CT molecular complexity index is 711. The molecular formula is C18H23N5O. The molecule has 3 rings (SSSR count). The van der Waals surface area contributed by atoms with Crippen LogP contribution in [-0.4, -0.2) is 44.9 Å². The van der Waals surface area contributed by atoms with Crippen molar-refractivity contribution in [1.29, 1.82) is 0 Å². The van der Waals surface area contributed by atoms with Crippen molar-refractivity contribution in [3.05, 3.63) is 48.2 Å². The topological polar surface area (TPSA) is 71.0 Å². The maximum absolute atomic E-state index is 12.4. The summed E-state index contributed by atoms with van der Waals surface area (Å²) in [4.78, 5) is 27.1. The molecule has 3 heterocycles. The molecule has 2 aromatic heterocycles. The lowest BCUT2D eigenvalue weighted by molar-refractivity contribution is 0.0786. The van der Waals surface area contributed by atoms with Gasteiger partial charge in [-0.15, -0.1) is 0 Å². The van der Waals surface area contributed by atoms with Crippen LogP contribution in [-0.2, 0) is 5.41 Å². The van der Waals surface area contributed by atoms with Crippen molar-refractivity contribution in [1.82, 2.24) is 19.9 Å². The van der Waals surface area contributed by atoms with Crippen LogP contribution in [0.15, 0.2) is 36.8 Å². The van der Waals surface area contributed by atoms with E-state index in [1.54, 1.807) is 18.6 Å². The van der Waals surface area contributed by atoms with Crippen LogP contribution < -0.4 is 5.32 Å². The summed E-state index contributed by atoms with van der Waals surface area (Å²) in [6.07, 6.45) is 4.13. The number of aromatic nitrogens is 3. The standard InChI is InChI=1S/C18H23N5O/c1-18(2,3)15-10-16(21-12-20-15)22-13-7-9-23(11-13)17(24)14-6-4-5-8-19-14/h4-6,8,10,12-13H,7,9,11H2,1-3H3,(H,20,21,22). The zero-order chi connectivity index (χ0) is 17.2. The van der Waals surface area contributed by atoms with Crippen molar-refractivity contribution in [2.75, 3.05) is 18.4 Å². The van der Waals surface area contributed by atoms with Gasteiger partial charge in [0.1, 0.15) is 17.8 Å². The third-order valence-corrected chi connectivity index (χ3v) is 4.15. The van der Waals surface area contributed by atoms with Crippen molar-refractivity contribution < 1.29 is 4.79 Å². The first-order valence-electron chi connectivity index (χ1n) is 8.23. The Morgan fingerprint density at radius 3 is 2.79 bits per heavy atom. The summed E-state index contributed by atoms with van der Waals surface area (Å²) in [5.41, 5.74) is 1.48. The highest BCUT2D eigenvalue weighted by molar-refractivity contribution is 5.92. The first-order valence-corrected chi connectivity index (χ1v) is 8.23. The van der Waals surface area contributed by atoms with Crippen LogP contribution in [0.5, 0.6) is 0 Å². The van der Waals surface area contributed by atoms with Crippen LogP contribution in [0.25, 0.3) is 0 Å². The van der Waals surface area contributed by atoms with Gasteiger partial charge in [-0.25, -0.2) is 9.97 Å². The quantitative estimate of drug-likeness (QED) is 0.939. The maximum atomic E-state index is 12.4. The third kappa shape index (κ3) is 3.69. The molecule has 24 heavy (non-hydrogen) atoms. The monoisotopic (exact) mass is 325 g/mol. The average molecular weight is 325 g/mol. The van der Waals surface area contributed by atoms with E-state index in [9.17, 15) is 4.79 Å². The first-order chi connectivity index (χ1) is 11.4. The van der Waals surface area contributed by atoms with E-state index in [1.165, 1.54) is 0 Å². The Hall–Kier alpha value is -2.50. The highest BCUT2D eigenvalue weighted by Gasteiger charge is 2.28. The number of rotatable bonds is 3. The highest BCUT2D eigenvalue weighted by Crippen LogP contribution is 2.22. The van der Waals surface area contributed by atoms with Gasteiger partial charge in [-0.2, -0.15) is 0 Å². The molecule has 2 aromatic rings. The molecule has 1 aliphatic rings. The number of hydrogen-bond acceptors (Lipinski definition) is 5. The minimum atomic E-state index is -0.0178. The maximum Gasteiger partial charge on any atom is 0.272 e. The highest BCUT2D eigenvalue weighted by atomic mass is 16.2. The molecule has 0 saturated carbocycles. The van der Waals surface area contributed by atoms with Crippen LogP contribution >= 0.6 is 0 Å². The molecule has 0 radical (unpaired) electrons. The zero-order valence-corrected chi connectivity index (χ0v) is 14.4. The van der Waals surface area contributed by atoms with Gasteiger partial charge in [0.25, 0.3) is 5.91 Å². The van der Waals surface area contributed by atoms with E-state index < -0.39 is 0 Å². The van der Waals surface area contributed by atoms with E-state index in [2.05, 4.69) is 41.0 Å². The summed E-state index contributed by atoms with van der Waals surface area (Å²) in [6, 6.07) is 7.58. The Morgan fingerprint density at radius 2 is 2.08 bits per heavy atom. The van der Waals surface area contributed by atoms with Crippen LogP contribution in [0.4, 0.5) is 5.82 Å². The first kappa shape index (κ1) is 16.4. The van der Waals surface area contributed by atoms with Crippen molar-refractivity contribution in [2.24, 2.45) is 0 Å². The lowest BCUT2D eigenvalue weighted by Gasteiger charge is -2.20. The second kappa shape index (κ2) is 6.55. The fraction of sp³-hybridized carbons (Fsp3) is 0.444. The van der Waals surface area contributed by atoms with E-state index in [0.29, 0.717) is 12.2 Å². The molecule has 1 saturated heterocycles. The van der Waals surface area contributed by atoms with Gasteiger partial charge >= 0.3 is 0 Å². The fourth-order valence-corrected chi connectivity index (χ4v) is 2.77. The summed E-state index contributed by atoms with van der Waals surface area (Å²) in [5.74, 6) is 0.796. The number of carbonyl (C=O) groups is 1. The molecule has 1 aliphatic heterocycles. The van der Waals surface area contributed by atoms with Gasteiger partial charge in [-0.3, -0.25) is 9.78 Å². The van der Waals surface area contributed by atoms with Gasteiger partial charge in [-0.1, -0.05) is 26.8 Å². The lowest BCUT2D eigenvalue weighted by atomic mass is 9.92. The van der Waals surface area contributed by atoms with Gasteiger partial charge in [0, 0.05) is 36.8 Å². The predicted octanol–water partition coefficient (Wildman–Crippen LogP) is 2.50. The van der Waals surface area contributed by atoms with Crippen molar-refractivity contribution in [3.8, 4) is 0 Å². The van der Waals surface area contributed by atoms with Gasteiger partial charge in [-0.05, 0) is 18.6 Å². The van der Waals surface area contributed by atoms with Crippen LogP contribution in [0.1, 0.15) is 43.4 Å². The predicted molar refractivity (Wildman–Crippen MR) is 92.9 cm³/mol. The molecule has 0 aliphatic carbocycles. The Balaban J connectivity index is 1.64. The van der Waals surface area contributed by atoms with Gasteiger partial charge < -0.3 is 10.2 Å². The molecule has 1 N–H and O–H groups in total. The van der Waals surface area contributed by atoms with Crippen molar-refractivity contribution in [3.63, 3.8) is 0 Å². The molecule has 6 heteroatoms. The molecule has 0 spiro atoms. The van der Waals surface area contributed by atoms with E-state index in [-0.39, 0.29) is 17.4 Å². The Labute approximate surface area is 142 Å². The Morgan fingerprint density at radius 1 is 1.25 bits per heavy atom. The number of nitrogens with one attached hydrogen (secondary N) is 1. The van der Waals surface area contributed by atoms with Crippen molar-refractivity contribution >= 4 is 11.7 Å². The van der Waals surface area contributed by atoms with E-state index >= 15 is 0 Å². The third-order valence-electron chi connectivity index (χ3n) is 4.15. The molecule has 0 aromatic carbocycles. The number of anilines is 1. The van der Waals surface area contributed by atoms with Crippen LogP contribution in [0.3, 0.4) is 0 Å². The minimum Gasteiger partial charge on any atom is -0.365 e. The molecule has 1 fully saturated rings. The Kier molecular flexibility index (Phi) is 4.46.